The Hall–Kier alpha value is -2.57. The Morgan fingerprint density at radius 1 is 0.356 bits per heavy atom. The number of nitrogens with one attached hydrogen (secondary N) is 1. The quantitative estimate of drug-likeness (QED) is 0.0204. The van der Waals surface area contributed by atoms with Gasteiger partial charge in [-0.05, 0) is 70.6 Å². The van der Waals surface area contributed by atoms with Gasteiger partial charge in [-0.1, -0.05) is 395 Å². The number of unbranched alkanes of at least 4 members (excludes halogenated alkanes) is 52. The molecule has 2 aliphatic rings. The lowest BCUT2D eigenvalue weighted by Crippen LogP contribution is -2.65. The van der Waals surface area contributed by atoms with Crippen molar-refractivity contribution in [3.63, 3.8) is 0 Å². The molecule has 0 radical (unpaired) electrons. The fourth-order valence-electron chi connectivity index (χ4n) is 14.5. The van der Waals surface area contributed by atoms with Crippen LogP contribution in [0.2, 0.25) is 0 Å². The van der Waals surface area contributed by atoms with E-state index in [4.69, 9.17) is 18.9 Å². The minimum Gasteiger partial charge on any atom is -0.394 e. The summed E-state index contributed by atoms with van der Waals surface area (Å²) in [5, 5.41) is 87.8. The monoisotopic (exact) mass is 1470 g/mol. The standard InChI is InChI=1S/C90H165NO13/c1-3-5-7-9-11-13-15-17-19-21-23-25-27-29-31-33-35-37-38-39-40-42-44-46-48-50-52-54-56-58-60-62-64-66-68-70-72-74-82(95)91-78(77-101-89-87(100)85(98)88(81(76-93)103-89)104-90-86(99)84(97)83(96)80(75-92)102-90)79(94)73-71-69-67-65-63-61-59-57-55-53-51-49-47-45-43-41-36-34-32-30-28-26-24-22-20-18-16-14-12-10-8-6-4-2/h5,7,11,13,17,19,23,25,63,65,71,73,78-81,83-90,92-94,96-100H,3-4,6,8-10,12,14-16,18,20-22,24,26-62,64,66-70,72,74-77H2,1-2H3,(H,91,95)/b7-5-,13-11-,19-17-,25-23-,65-63+,73-71+. The zero-order valence-corrected chi connectivity index (χ0v) is 67.0. The number of aliphatic hydroxyl groups excluding tert-OH is 8. The average Bonchev–Trinajstić information content (AvgIpc) is 0.790. The van der Waals surface area contributed by atoms with Crippen molar-refractivity contribution in [2.75, 3.05) is 19.8 Å². The lowest BCUT2D eigenvalue weighted by atomic mass is 9.97. The molecule has 12 unspecified atom stereocenters. The zero-order chi connectivity index (χ0) is 75.1. The maximum atomic E-state index is 13.4. The molecule has 608 valence electrons. The summed E-state index contributed by atoms with van der Waals surface area (Å²) in [5.74, 6) is -0.242. The Kier molecular flexibility index (Phi) is 68.7. The van der Waals surface area contributed by atoms with Crippen LogP contribution in [0.4, 0.5) is 0 Å². The second kappa shape index (κ2) is 73.2. The second-order valence-corrected chi connectivity index (χ2v) is 31.0. The van der Waals surface area contributed by atoms with Crippen molar-refractivity contribution in [2.24, 2.45) is 0 Å². The first-order valence-electron chi connectivity index (χ1n) is 44.2. The van der Waals surface area contributed by atoms with Gasteiger partial charge in [-0.3, -0.25) is 4.79 Å². The lowest BCUT2D eigenvalue weighted by molar-refractivity contribution is -0.359. The van der Waals surface area contributed by atoms with Crippen molar-refractivity contribution < 1.29 is 64.6 Å². The fraction of sp³-hybridized carbons (Fsp3) is 0.856. The molecule has 0 aromatic heterocycles. The molecule has 0 aromatic carbocycles. The molecule has 0 aliphatic carbocycles. The highest BCUT2D eigenvalue weighted by molar-refractivity contribution is 5.76. The van der Waals surface area contributed by atoms with Crippen LogP contribution in [0.1, 0.15) is 399 Å². The van der Waals surface area contributed by atoms with Gasteiger partial charge >= 0.3 is 0 Å². The SMILES string of the molecule is CC/C=C\C/C=C\C/C=C\C/C=C\CCCCCCCCCCCCCCCCCCCCCCCCCCC(=O)NC(COC1OC(CO)C(OC2OC(CO)C(O)C(O)C2O)C(O)C1O)C(O)/C=C/CC/C=C/CCCCCCCCCCCCCCCCCCCCCCCCCCCCC. The second-order valence-electron chi connectivity index (χ2n) is 31.0. The fourth-order valence-corrected chi connectivity index (χ4v) is 14.5. The van der Waals surface area contributed by atoms with E-state index < -0.39 is 86.8 Å². The van der Waals surface area contributed by atoms with E-state index in [0.29, 0.717) is 12.8 Å². The molecule has 12 atom stereocenters. The van der Waals surface area contributed by atoms with Crippen LogP contribution >= 0.6 is 0 Å². The summed E-state index contributed by atoms with van der Waals surface area (Å²) in [5.41, 5.74) is 0. The molecule has 2 aliphatic heterocycles. The molecule has 0 saturated carbocycles. The number of carbonyl (C=O) groups excluding carboxylic acids is 1. The topological polar surface area (TPSA) is 228 Å². The number of hydrogen-bond donors (Lipinski definition) is 9. The molecule has 14 heteroatoms. The molecular formula is C90H165NO13. The van der Waals surface area contributed by atoms with Gasteiger partial charge in [0.1, 0.15) is 48.8 Å². The number of aliphatic hydroxyl groups is 8. The van der Waals surface area contributed by atoms with Crippen molar-refractivity contribution in [3.05, 3.63) is 72.9 Å². The number of hydrogen-bond acceptors (Lipinski definition) is 13. The van der Waals surface area contributed by atoms with E-state index in [2.05, 4.69) is 79.9 Å². The third kappa shape index (κ3) is 54.9. The summed E-state index contributed by atoms with van der Waals surface area (Å²) in [4.78, 5) is 13.4. The number of amides is 1. The van der Waals surface area contributed by atoms with Crippen LogP contribution in [-0.4, -0.2) is 140 Å². The lowest BCUT2D eigenvalue weighted by Gasteiger charge is -2.46. The maximum Gasteiger partial charge on any atom is 0.220 e. The number of carbonyl (C=O) groups is 1. The Morgan fingerprint density at radius 2 is 0.673 bits per heavy atom. The molecule has 9 N–H and O–H groups in total. The molecule has 2 rings (SSSR count). The molecule has 104 heavy (non-hydrogen) atoms. The molecule has 2 fully saturated rings. The number of allylic oxidation sites excluding steroid dienone is 11. The third-order valence-corrected chi connectivity index (χ3v) is 21.4. The van der Waals surface area contributed by atoms with E-state index in [1.54, 1.807) is 6.08 Å². The first-order chi connectivity index (χ1) is 51.1. The molecule has 0 spiro atoms. The van der Waals surface area contributed by atoms with E-state index in [1.165, 1.54) is 308 Å². The predicted octanol–water partition coefficient (Wildman–Crippen LogP) is 21.3. The van der Waals surface area contributed by atoms with Gasteiger partial charge in [0.25, 0.3) is 0 Å². The van der Waals surface area contributed by atoms with Crippen LogP contribution in [0.3, 0.4) is 0 Å². The molecule has 2 heterocycles. The van der Waals surface area contributed by atoms with Gasteiger partial charge in [0.15, 0.2) is 12.6 Å². The van der Waals surface area contributed by atoms with Crippen LogP contribution < -0.4 is 5.32 Å². The van der Waals surface area contributed by atoms with E-state index in [9.17, 15) is 45.6 Å². The molecular weight excluding hydrogens is 1300 g/mol. The first-order valence-corrected chi connectivity index (χ1v) is 44.2. The summed E-state index contributed by atoms with van der Waals surface area (Å²) >= 11 is 0. The summed E-state index contributed by atoms with van der Waals surface area (Å²) < 4.78 is 22.9. The highest BCUT2D eigenvalue weighted by Gasteiger charge is 2.51. The van der Waals surface area contributed by atoms with Crippen LogP contribution in [0.5, 0.6) is 0 Å². The van der Waals surface area contributed by atoms with Crippen LogP contribution in [-0.2, 0) is 23.7 Å². The van der Waals surface area contributed by atoms with E-state index in [0.717, 1.165) is 57.8 Å². The van der Waals surface area contributed by atoms with Crippen molar-refractivity contribution in [3.8, 4) is 0 Å². The highest BCUT2D eigenvalue weighted by atomic mass is 16.7. The Bertz CT molecular complexity index is 2030. The van der Waals surface area contributed by atoms with Crippen LogP contribution in [0.25, 0.3) is 0 Å². The van der Waals surface area contributed by atoms with Gasteiger partial charge < -0.3 is 65.1 Å². The Labute approximate surface area is 638 Å². The van der Waals surface area contributed by atoms with Crippen molar-refractivity contribution in [2.45, 2.75) is 473 Å². The number of rotatable bonds is 75. The summed E-state index contributed by atoms with van der Waals surface area (Å²) in [6, 6.07) is -0.935. The van der Waals surface area contributed by atoms with Crippen molar-refractivity contribution in [1.29, 1.82) is 0 Å². The van der Waals surface area contributed by atoms with Gasteiger partial charge in [0, 0.05) is 6.42 Å². The predicted molar refractivity (Wildman–Crippen MR) is 433 cm³/mol. The van der Waals surface area contributed by atoms with Crippen molar-refractivity contribution >= 4 is 5.91 Å². The van der Waals surface area contributed by atoms with Crippen LogP contribution in [0.15, 0.2) is 72.9 Å². The molecule has 1 amide bonds. The normalized spacial score (nSPS) is 21.8. The zero-order valence-electron chi connectivity index (χ0n) is 67.0. The minimum absolute atomic E-state index is 0.242. The minimum atomic E-state index is -1.79. The highest BCUT2D eigenvalue weighted by Crippen LogP contribution is 2.31. The van der Waals surface area contributed by atoms with E-state index >= 15 is 0 Å². The van der Waals surface area contributed by atoms with E-state index in [-0.39, 0.29) is 18.9 Å². The summed E-state index contributed by atoms with van der Waals surface area (Å²) in [7, 11) is 0. The summed E-state index contributed by atoms with van der Waals surface area (Å²) in [6.45, 7) is 2.73. The van der Waals surface area contributed by atoms with Gasteiger partial charge in [0.05, 0.1) is 32.0 Å². The first kappa shape index (κ1) is 97.5. The largest absolute Gasteiger partial charge is 0.394 e. The molecule has 0 bridgehead atoms. The molecule has 14 nitrogen and oxygen atoms in total. The molecule has 0 aromatic rings. The van der Waals surface area contributed by atoms with Gasteiger partial charge in [-0.15, -0.1) is 0 Å². The maximum absolute atomic E-state index is 13.4. The number of ether oxygens (including phenoxy) is 4. The summed E-state index contributed by atoms with van der Waals surface area (Å²) in [6.07, 6.45) is 85.9. The third-order valence-electron chi connectivity index (χ3n) is 21.4. The Balaban J connectivity index is 1.58. The van der Waals surface area contributed by atoms with Gasteiger partial charge in [-0.25, -0.2) is 0 Å². The van der Waals surface area contributed by atoms with E-state index in [1.807, 2.05) is 6.08 Å². The van der Waals surface area contributed by atoms with Gasteiger partial charge in [-0.2, -0.15) is 0 Å². The van der Waals surface area contributed by atoms with Gasteiger partial charge in [0.2, 0.25) is 5.91 Å². The van der Waals surface area contributed by atoms with Crippen molar-refractivity contribution in [1.82, 2.24) is 5.32 Å². The average molecular weight is 1470 g/mol. The smallest absolute Gasteiger partial charge is 0.220 e. The van der Waals surface area contributed by atoms with Crippen LogP contribution in [0, 0.1) is 0 Å². The Morgan fingerprint density at radius 3 is 1.06 bits per heavy atom. The molecule has 2 saturated heterocycles.